The second-order valence-corrected chi connectivity index (χ2v) is 5.62. The summed E-state index contributed by atoms with van der Waals surface area (Å²) in [5.74, 6) is 0. The molecule has 9 heteroatoms. The molecular weight excluding hydrogens is 342 g/mol. The Kier molecular flexibility index (Phi) is 7.25. The van der Waals surface area contributed by atoms with Crippen LogP contribution in [0.15, 0.2) is 18.2 Å². The quantitative estimate of drug-likeness (QED) is 0.755. The fourth-order valence-corrected chi connectivity index (χ4v) is 2.26. The van der Waals surface area contributed by atoms with Gasteiger partial charge in [-0.2, -0.15) is 13.2 Å². The molecule has 0 aliphatic carbocycles. The first-order valence-electron chi connectivity index (χ1n) is 6.42. The van der Waals surface area contributed by atoms with Crippen molar-refractivity contribution < 1.29 is 18.0 Å². The minimum atomic E-state index is -4.22. The summed E-state index contributed by atoms with van der Waals surface area (Å²) < 4.78 is 36.3. The maximum absolute atomic E-state index is 12.1. The minimum Gasteiger partial charge on any atom is -0.338 e. The van der Waals surface area contributed by atoms with Crippen LogP contribution < -0.4 is 10.6 Å². The van der Waals surface area contributed by atoms with Crippen LogP contribution in [0, 0.1) is 0 Å². The van der Waals surface area contributed by atoms with Gasteiger partial charge in [0.1, 0.15) is 0 Å². The Hall–Kier alpha value is -1.18. The molecule has 0 aromatic heterocycles. The molecule has 0 aliphatic rings. The number of nitrogens with zero attached hydrogens (tertiary/aromatic N) is 1. The van der Waals surface area contributed by atoms with Gasteiger partial charge in [0.2, 0.25) is 0 Å². The lowest BCUT2D eigenvalue weighted by Gasteiger charge is -2.18. The highest BCUT2D eigenvalue weighted by Crippen LogP contribution is 2.22. The van der Waals surface area contributed by atoms with Crippen LogP contribution >= 0.6 is 23.2 Å². The van der Waals surface area contributed by atoms with Gasteiger partial charge in [-0.15, -0.1) is 0 Å². The third-order valence-electron chi connectivity index (χ3n) is 2.57. The summed E-state index contributed by atoms with van der Waals surface area (Å²) in [6.45, 7) is -0.495. The number of hydrogen-bond donors (Lipinski definition) is 2. The molecule has 1 aromatic carbocycles. The van der Waals surface area contributed by atoms with E-state index in [4.69, 9.17) is 23.2 Å². The Labute approximate surface area is 136 Å². The van der Waals surface area contributed by atoms with Crippen LogP contribution in [0.2, 0.25) is 10.0 Å². The number of anilines is 1. The first-order chi connectivity index (χ1) is 10.2. The summed E-state index contributed by atoms with van der Waals surface area (Å²) in [6.07, 6.45) is -3.82. The van der Waals surface area contributed by atoms with E-state index in [1.54, 1.807) is 0 Å². The van der Waals surface area contributed by atoms with Gasteiger partial charge in [0, 0.05) is 22.3 Å². The van der Waals surface area contributed by atoms with Crippen LogP contribution in [0.25, 0.3) is 0 Å². The average Bonchev–Trinajstić information content (AvgIpc) is 2.31. The Morgan fingerprint density at radius 2 is 1.82 bits per heavy atom. The molecule has 0 radical (unpaired) electrons. The molecule has 0 saturated heterocycles. The van der Waals surface area contributed by atoms with Crippen LogP contribution in [0.5, 0.6) is 0 Å². The van der Waals surface area contributed by atoms with E-state index in [0.717, 1.165) is 4.90 Å². The molecule has 0 aliphatic heterocycles. The molecule has 0 atom stereocenters. The van der Waals surface area contributed by atoms with Gasteiger partial charge in [-0.25, -0.2) is 4.79 Å². The number of hydrogen-bond acceptors (Lipinski definition) is 2. The summed E-state index contributed by atoms with van der Waals surface area (Å²) in [7, 11) is 1.38. The van der Waals surface area contributed by atoms with Crippen LogP contribution in [0.3, 0.4) is 0 Å². The fourth-order valence-electron chi connectivity index (χ4n) is 1.74. The zero-order valence-electron chi connectivity index (χ0n) is 11.8. The third-order valence-corrected chi connectivity index (χ3v) is 3.01. The number of alkyl halides is 3. The van der Waals surface area contributed by atoms with Crippen molar-refractivity contribution in [3.63, 3.8) is 0 Å². The number of carbonyl (C=O) groups is 1. The van der Waals surface area contributed by atoms with Crippen molar-refractivity contribution in [1.82, 2.24) is 10.2 Å². The molecule has 1 rings (SSSR count). The van der Waals surface area contributed by atoms with E-state index in [1.165, 1.54) is 25.2 Å². The van der Waals surface area contributed by atoms with Gasteiger partial charge in [0.05, 0.1) is 6.54 Å². The molecule has 124 valence electrons. The maximum Gasteiger partial charge on any atom is 0.401 e. The molecule has 0 unspecified atom stereocenters. The monoisotopic (exact) mass is 357 g/mol. The molecule has 22 heavy (non-hydrogen) atoms. The number of urea groups is 1. The molecule has 0 spiro atoms. The van der Waals surface area contributed by atoms with Gasteiger partial charge in [-0.3, -0.25) is 4.90 Å². The normalized spacial score (nSPS) is 11.6. The highest BCUT2D eigenvalue weighted by molar-refractivity contribution is 6.35. The van der Waals surface area contributed by atoms with Crippen LogP contribution in [0.4, 0.5) is 23.7 Å². The predicted octanol–water partition coefficient (Wildman–Crippen LogP) is 4.00. The highest BCUT2D eigenvalue weighted by atomic mass is 35.5. The molecule has 1 aromatic rings. The molecule has 0 bridgehead atoms. The molecule has 0 heterocycles. The Balaban J connectivity index is 2.26. The summed E-state index contributed by atoms with van der Waals surface area (Å²) in [6, 6.07) is 4.12. The van der Waals surface area contributed by atoms with Gasteiger partial charge in [0.15, 0.2) is 0 Å². The SMILES string of the molecule is CN(CCCNC(=O)Nc1cc(Cl)cc(Cl)c1)CC(F)(F)F. The first kappa shape index (κ1) is 18.9. The summed E-state index contributed by atoms with van der Waals surface area (Å²) in [5, 5.41) is 5.85. The lowest BCUT2D eigenvalue weighted by atomic mass is 10.3. The summed E-state index contributed by atoms with van der Waals surface area (Å²) in [4.78, 5) is 12.8. The maximum atomic E-state index is 12.1. The zero-order valence-corrected chi connectivity index (χ0v) is 13.3. The standard InChI is InChI=1S/C13H16Cl2F3N3O/c1-21(8-13(16,17)18)4-2-3-19-12(22)20-11-6-9(14)5-10(15)7-11/h5-7H,2-4,8H2,1H3,(H2,19,20,22). The van der Waals surface area contributed by atoms with E-state index in [0.29, 0.717) is 22.2 Å². The first-order valence-corrected chi connectivity index (χ1v) is 7.17. The average molecular weight is 358 g/mol. The Morgan fingerprint density at radius 1 is 1.23 bits per heavy atom. The van der Waals surface area contributed by atoms with Gasteiger partial charge in [-0.1, -0.05) is 23.2 Å². The van der Waals surface area contributed by atoms with Crippen molar-refractivity contribution in [3.05, 3.63) is 28.2 Å². The van der Waals surface area contributed by atoms with Crippen molar-refractivity contribution in [2.24, 2.45) is 0 Å². The minimum absolute atomic E-state index is 0.225. The second kappa shape index (κ2) is 8.45. The second-order valence-electron chi connectivity index (χ2n) is 4.75. The number of rotatable bonds is 6. The smallest absolute Gasteiger partial charge is 0.338 e. The molecule has 4 nitrogen and oxygen atoms in total. The zero-order chi connectivity index (χ0) is 16.8. The predicted molar refractivity (Wildman–Crippen MR) is 81.7 cm³/mol. The van der Waals surface area contributed by atoms with Crippen molar-refractivity contribution in [2.45, 2.75) is 12.6 Å². The highest BCUT2D eigenvalue weighted by Gasteiger charge is 2.28. The fraction of sp³-hybridized carbons (Fsp3) is 0.462. The number of nitrogens with one attached hydrogen (secondary N) is 2. The Morgan fingerprint density at radius 3 is 2.36 bits per heavy atom. The van der Waals surface area contributed by atoms with E-state index in [2.05, 4.69) is 10.6 Å². The molecule has 0 saturated carbocycles. The molecule has 2 amide bonds. The lowest BCUT2D eigenvalue weighted by Crippen LogP contribution is -2.34. The van der Waals surface area contributed by atoms with Gasteiger partial charge >= 0.3 is 12.2 Å². The summed E-state index contributed by atoms with van der Waals surface area (Å²) >= 11 is 11.6. The van der Waals surface area contributed by atoms with Crippen molar-refractivity contribution in [1.29, 1.82) is 0 Å². The van der Waals surface area contributed by atoms with Gasteiger partial charge in [0.25, 0.3) is 0 Å². The van der Waals surface area contributed by atoms with Crippen LogP contribution in [-0.2, 0) is 0 Å². The van der Waals surface area contributed by atoms with Gasteiger partial charge < -0.3 is 10.6 Å². The summed E-state index contributed by atoms with van der Waals surface area (Å²) in [5.41, 5.74) is 0.434. The lowest BCUT2D eigenvalue weighted by molar-refractivity contribution is -0.143. The van der Waals surface area contributed by atoms with Gasteiger partial charge in [-0.05, 0) is 38.2 Å². The van der Waals surface area contributed by atoms with Crippen LogP contribution in [-0.4, -0.2) is 43.8 Å². The van der Waals surface area contributed by atoms with E-state index in [9.17, 15) is 18.0 Å². The number of amides is 2. The molecule has 0 fully saturated rings. The topological polar surface area (TPSA) is 44.4 Å². The number of halogens is 5. The van der Waals surface area contributed by atoms with Crippen LogP contribution in [0.1, 0.15) is 6.42 Å². The van der Waals surface area contributed by atoms with E-state index in [1.807, 2.05) is 0 Å². The van der Waals surface area contributed by atoms with E-state index >= 15 is 0 Å². The number of carbonyl (C=O) groups excluding carboxylic acids is 1. The largest absolute Gasteiger partial charge is 0.401 e. The third kappa shape index (κ3) is 8.31. The van der Waals surface area contributed by atoms with Crippen molar-refractivity contribution in [3.8, 4) is 0 Å². The molecule has 2 N–H and O–H groups in total. The molecular formula is C13H16Cl2F3N3O. The van der Waals surface area contributed by atoms with E-state index in [-0.39, 0.29) is 13.1 Å². The van der Waals surface area contributed by atoms with Crippen molar-refractivity contribution >= 4 is 34.9 Å². The Bertz CT molecular complexity index is 492. The van der Waals surface area contributed by atoms with E-state index < -0.39 is 18.8 Å². The van der Waals surface area contributed by atoms with Crippen molar-refractivity contribution in [2.75, 3.05) is 32.0 Å². The number of benzene rings is 1.